The summed E-state index contributed by atoms with van der Waals surface area (Å²) >= 11 is 0. The number of rotatable bonds is 31. The van der Waals surface area contributed by atoms with Crippen LogP contribution in [0, 0.1) is 6.92 Å². The van der Waals surface area contributed by atoms with Gasteiger partial charge in [0, 0.05) is 95.0 Å². The number of ketones is 1. The Morgan fingerprint density at radius 3 is 1.40 bits per heavy atom. The number of benzene rings is 4. The number of nitrogens with one attached hydrogen (secondary N) is 18. The molecule has 0 atom stereocenters. The Kier molecular flexibility index (Phi) is 61.6. The topological polar surface area (TPSA) is 1280 Å². The number of anilines is 4. The number of amidine groups is 1. The van der Waals surface area contributed by atoms with Crippen LogP contribution in [0.15, 0.2) is 183 Å². The molecule has 0 fully saturated rings. The number of carbonyl (C=O) groups excluding carboxylic acids is 20. The second kappa shape index (κ2) is 74.3. The lowest BCUT2D eigenvalue weighted by molar-refractivity contribution is -0.134. The fourth-order valence-corrected chi connectivity index (χ4v) is 8.39. The molecule has 814 valence electrons. The number of Topliss-reactive ketones (excluding diaryl/α,β-unsaturated/α-hetero) is 1. The third-order valence-corrected chi connectivity index (χ3v) is 14.6. The molecule has 0 saturated carbocycles. The van der Waals surface area contributed by atoms with Crippen molar-refractivity contribution in [1.29, 1.82) is 0 Å². The minimum Gasteiger partial charge on any atom is -0.383 e. The van der Waals surface area contributed by atoms with Gasteiger partial charge in [0.05, 0.1) is 40.6 Å². The number of aromatic nitrogens is 4. The van der Waals surface area contributed by atoms with E-state index in [-0.39, 0.29) is 114 Å². The molecule has 7 rings (SSSR count). The number of hydrazine groups is 7. The molecular formula is C75H119N55O20. The number of guanidine groups is 2. The van der Waals surface area contributed by atoms with E-state index in [9.17, 15) is 95.9 Å². The van der Waals surface area contributed by atoms with Gasteiger partial charge < -0.3 is 125 Å². The summed E-state index contributed by atoms with van der Waals surface area (Å²) in [6, 6.07) is 23.1. The largest absolute Gasteiger partial charge is 0.383 e. The number of primary amides is 12. The van der Waals surface area contributed by atoms with Gasteiger partial charge in [0.1, 0.15) is 28.6 Å². The molecule has 3 heterocycles. The van der Waals surface area contributed by atoms with Crippen LogP contribution in [-0.2, 0) is 43.2 Å². The molecule has 6 aromatic rings. The average Bonchev–Trinajstić information content (AvgIpc) is 1.67. The van der Waals surface area contributed by atoms with Crippen LogP contribution in [-0.4, -0.2) is 225 Å². The molecule has 150 heavy (non-hydrogen) atoms. The first-order valence-corrected chi connectivity index (χ1v) is 40.8. The minimum absolute atomic E-state index is 0.0169. The number of nitrogens with two attached hydrogens (primary N) is 21. The molecule has 0 radical (unpaired) electrons. The summed E-state index contributed by atoms with van der Waals surface area (Å²) in [7, 11) is 3.25. The standard InChI is InChI=1S/C14H14N6O2.C13H13N5O2.C11H12N6O2.C6H10N6O2.2C6H12N6O2.C6H14N4O2.C5H11N7O2.C5H14N6O2.C3H7N3O2/c15-13(21)17-9-5-1-3-7-11(9)19-20-12-8-4-2-6-10(12)18-14(16)22;1-7(19)8-2-4-9(5-3-8)17-18-11-6-10(13(15)20)12(14)16-11;12-10(18)15-14-9-6-8(16-17(9)11(13)19)7-4-2-1-3-5-7;1-3-2-4(9-10-5(7)13)12(11-3)6(8)14;1-4(10-12-6(8)14)2-3-9-11-5(7)13;1-3(11-12-6(8)9)5(14)10-2-4(7)13;7-3-1-5(11)9-10-6(12)2-4-8;1-2(9-12-5(8)14)3(13)10-11-4(6)7;1-11(2)10-3(4(12)8-6)5(13)9-7;1-2(7)5-6-3(4)8/h1-8H,(H3,15,17,21)(H3,16,18,22);2-5H,6,14H2,1H3,(H2,15,20);1-6,14H,(H2,13,19)(H3,12,15,18);2,9H,1H3,(H2,8,14)(H3,7,10,13);3H,2H2,1H3,(H3,7,11,13)(H3,8,12,14);2H2,1H3,(H2,7,13)(H,10,14)(H4,8,9,12);1-4,7-8H2,(H,9,11)(H,10,12);1H3,(H,10,13)(H4,6,7,11)(H3,8,12,14);3,10H,6-7H2,1-2H3,(H,8,12)(H,9,13);1H3,(H,5,7)(H3,4,6,8)/b;;;;9-3?,10-4-;11-3+;;9-2+;;/i/hD4. The van der Waals surface area contributed by atoms with Gasteiger partial charge in [-0.3, -0.25) is 96.8 Å². The summed E-state index contributed by atoms with van der Waals surface area (Å²) in [6.07, 6.45) is 2.31. The van der Waals surface area contributed by atoms with Crippen molar-refractivity contribution in [2.45, 2.75) is 73.3 Å². The van der Waals surface area contributed by atoms with E-state index in [1.54, 1.807) is 107 Å². The molecule has 0 bridgehead atoms. The SMILES string of the molecule is C/C(=N\N=C(N)N)C(=O)NCC(N)=O.C/C(=N\NC(N)=O)C(=O)NN=C(N)N.C/C(CC=NNC(N)=O)=N/NC(N)=O.CC(=O)c1ccc(N=NC2=NC(N)=C(C(N)=O)C2)cc1.CN(C)NC(C(=O)NN)C(=O)NN.Cc1cc(NNC(N)=O)n(C(N)=O)n1.NC(=O)NNc1cc(-c2ccccc2)nn1C(N)=O.NC(=O)Nc1ccccc1N=Nc1ccccc1NC(N)=O.NCCC(=O)NNC(=O)CCN.[2H]N([2H])C(=O)N([2H])N([2H])C(C)=O. The number of carbonyl (C=O) groups is 20. The Morgan fingerprint density at radius 1 is 0.507 bits per heavy atom. The smallest absolute Gasteiger partial charge is 0.341 e. The maximum atomic E-state index is 11.2. The van der Waals surface area contributed by atoms with Crippen molar-refractivity contribution >= 4 is 200 Å². The monoisotopic (exact) mass is 2110 g/mol. The van der Waals surface area contributed by atoms with E-state index in [2.05, 4.69) is 120 Å². The number of aliphatic imine (C=N–C) groups is 1. The Morgan fingerprint density at radius 2 is 0.987 bits per heavy atom. The molecule has 0 aliphatic carbocycles. The lowest BCUT2D eigenvalue weighted by atomic mass is 10.1. The Bertz CT molecular complexity index is 5990. The zero-order valence-electron chi connectivity index (χ0n) is 84.8. The second-order valence-electron chi connectivity index (χ2n) is 27.1. The molecule has 1 aliphatic rings. The molecule has 27 amide bonds. The predicted octanol–water partition coefficient (Wildman–Crippen LogP) is -9.32. The van der Waals surface area contributed by atoms with E-state index >= 15 is 0 Å². The van der Waals surface area contributed by atoms with Gasteiger partial charge in [0.15, 0.2) is 34.9 Å². The van der Waals surface area contributed by atoms with Crippen molar-refractivity contribution in [3.05, 3.63) is 138 Å². The van der Waals surface area contributed by atoms with Gasteiger partial charge in [0.2, 0.25) is 41.5 Å². The number of azo groups is 2. The normalized spacial score (nSPS) is 11.0. The quantitative estimate of drug-likeness (QED) is 0.00281. The minimum atomic E-state index is -1.42. The highest BCUT2D eigenvalue weighted by Crippen LogP contribution is 2.30. The molecular weight excluding hydrogens is 1990 g/mol. The number of nitrogens with zero attached hydrogens (tertiary/aromatic N) is 16. The van der Waals surface area contributed by atoms with E-state index in [0.29, 0.717) is 63.4 Å². The zero-order valence-corrected chi connectivity index (χ0v) is 80.8. The summed E-state index contributed by atoms with van der Waals surface area (Å²) < 4.78 is 28.2. The molecule has 0 unspecified atom stereocenters. The highest BCUT2D eigenvalue weighted by atomic mass is 16.2. The summed E-state index contributed by atoms with van der Waals surface area (Å²) in [5.74, 6) is 4.74. The molecule has 2 aromatic heterocycles. The van der Waals surface area contributed by atoms with Crippen LogP contribution >= 0.6 is 0 Å². The zero-order chi connectivity index (χ0) is 118. The number of hydrogen-bond donors (Lipinski definition) is 39. The van der Waals surface area contributed by atoms with Gasteiger partial charge in [-0.25, -0.2) is 102 Å². The van der Waals surface area contributed by atoms with E-state index in [4.69, 9.17) is 121 Å². The third kappa shape index (κ3) is 65.3. The van der Waals surface area contributed by atoms with Crippen molar-refractivity contribution in [3.8, 4) is 11.3 Å². The molecule has 1 aliphatic heterocycles. The van der Waals surface area contributed by atoms with Gasteiger partial charge >= 0.3 is 60.3 Å². The van der Waals surface area contributed by atoms with Gasteiger partial charge in [-0.15, -0.1) is 35.8 Å². The van der Waals surface area contributed by atoms with Gasteiger partial charge in [-0.1, -0.05) is 54.6 Å². The number of aryl methyl sites for hydroxylation is 1. The summed E-state index contributed by atoms with van der Waals surface area (Å²) in [6.45, 7) is 8.80. The molecule has 75 heteroatoms. The van der Waals surface area contributed by atoms with E-state index in [0.717, 1.165) is 21.9 Å². The van der Waals surface area contributed by atoms with Gasteiger partial charge in [-0.2, -0.15) is 34.9 Å². The first kappa shape index (κ1) is 124. The Balaban J connectivity index is -0.00000166. The van der Waals surface area contributed by atoms with Crippen LogP contribution in [0.25, 0.3) is 11.3 Å². The third-order valence-electron chi connectivity index (χ3n) is 14.6. The first-order valence-electron chi connectivity index (χ1n) is 42.6. The Labute approximate surface area is 853 Å². The van der Waals surface area contributed by atoms with Crippen LogP contribution < -0.4 is 218 Å². The van der Waals surface area contributed by atoms with E-state index in [1.165, 1.54) is 38.1 Å². The molecule has 4 aromatic carbocycles. The molecule has 0 spiro atoms. The Hall–Kier alpha value is -21.7. The van der Waals surface area contributed by atoms with E-state index in [1.807, 2.05) is 62.9 Å². The van der Waals surface area contributed by atoms with Crippen LogP contribution in [0.5, 0.6) is 0 Å². The summed E-state index contributed by atoms with van der Waals surface area (Å²) in [4.78, 5) is 218. The van der Waals surface area contributed by atoms with Crippen molar-refractivity contribution < 1.29 is 102 Å². The van der Waals surface area contributed by atoms with Crippen molar-refractivity contribution in [2.75, 3.05) is 55.2 Å². The van der Waals surface area contributed by atoms with Gasteiger partial charge in [0.25, 0.3) is 23.6 Å². The van der Waals surface area contributed by atoms with Crippen molar-refractivity contribution in [2.24, 2.45) is 177 Å². The molecule has 0 saturated heterocycles. The first-order chi connectivity index (χ1) is 72.1. The number of hydrogen-bond acceptors (Lipinski definition) is 42. The number of para-hydroxylation sites is 2. The summed E-state index contributed by atoms with van der Waals surface area (Å²) in [5.41, 5.74) is 122. The highest BCUT2D eigenvalue weighted by molar-refractivity contribution is 6.38. The fraction of sp³-hybridized carbons (Fsp3) is 0.213. The lowest BCUT2D eigenvalue weighted by Crippen LogP contribution is -2.59. The average molecular weight is 2120 g/mol. The molecule has 75 nitrogen and oxygen atoms in total. The highest BCUT2D eigenvalue weighted by Gasteiger charge is 2.26. The maximum absolute atomic E-state index is 11.2. The second-order valence-corrected chi connectivity index (χ2v) is 27.1. The fourth-order valence-electron chi connectivity index (χ4n) is 8.39. The van der Waals surface area contributed by atoms with Crippen LogP contribution in [0.3, 0.4) is 0 Å². The van der Waals surface area contributed by atoms with Crippen LogP contribution in [0.2, 0.25) is 5.65 Å². The van der Waals surface area contributed by atoms with Gasteiger partial charge in [-0.05, 0) is 83.1 Å². The van der Waals surface area contributed by atoms with Crippen LogP contribution in [0.4, 0.5) is 88.0 Å². The van der Waals surface area contributed by atoms with Crippen molar-refractivity contribution in [3.63, 3.8) is 0 Å². The lowest BCUT2D eigenvalue weighted by Gasteiger charge is -2.19. The van der Waals surface area contributed by atoms with E-state index < -0.39 is 113 Å². The number of hydrazone groups is 4. The number of amides is 27. The van der Waals surface area contributed by atoms with Crippen LogP contribution in [0.1, 0.15) is 76.4 Å². The maximum Gasteiger partial charge on any atom is 0.341 e. The number of urea groups is 8. The predicted molar refractivity (Wildman–Crippen MR) is 542 cm³/mol. The summed E-state index contributed by atoms with van der Waals surface area (Å²) in [5, 5.41) is 52.6. The van der Waals surface area contributed by atoms with Crippen molar-refractivity contribution in [1.82, 2.24) is 100 Å². The molecule has 60 N–H and O–H groups in total.